The molecular formula is C25H38N2O5S2. The molecule has 9 heteroatoms. The third-order valence-corrected chi connectivity index (χ3v) is 9.03. The Kier molecular flexibility index (Phi) is 11.7. The van der Waals surface area contributed by atoms with Crippen molar-refractivity contribution in [3.05, 3.63) is 35.9 Å². The van der Waals surface area contributed by atoms with Crippen LogP contribution in [-0.2, 0) is 25.5 Å². The van der Waals surface area contributed by atoms with E-state index in [9.17, 15) is 19.5 Å². The highest BCUT2D eigenvalue weighted by Gasteiger charge is 2.45. The molecule has 3 atom stereocenters. The van der Waals surface area contributed by atoms with E-state index in [1.165, 1.54) is 4.90 Å². The molecule has 0 saturated carbocycles. The van der Waals surface area contributed by atoms with Gasteiger partial charge in [0.15, 0.2) is 0 Å². The number of benzene rings is 1. The Morgan fingerprint density at radius 1 is 1.18 bits per heavy atom. The van der Waals surface area contributed by atoms with Gasteiger partial charge in [-0.05, 0) is 50.2 Å². The molecule has 1 aromatic carbocycles. The molecule has 1 fully saturated rings. The quantitative estimate of drug-likeness (QED) is 0.306. The summed E-state index contributed by atoms with van der Waals surface area (Å²) >= 11 is 3.55. The predicted molar refractivity (Wildman–Crippen MR) is 139 cm³/mol. The highest BCUT2D eigenvalue weighted by atomic mass is 32.2. The Labute approximate surface area is 211 Å². The zero-order chi connectivity index (χ0) is 25.1. The first-order valence-corrected chi connectivity index (χ1v) is 14.0. The molecule has 1 heterocycles. The van der Waals surface area contributed by atoms with Gasteiger partial charge in [0, 0.05) is 13.0 Å². The van der Waals surface area contributed by atoms with E-state index in [-0.39, 0.29) is 16.6 Å². The maximum atomic E-state index is 13.4. The molecule has 34 heavy (non-hydrogen) atoms. The van der Waals surface area contributed by atoms with E-state index in [0.29, 0.717) is 25.8 Å². The van der Waals surface area contributed by atoms with E-state index in [2.05, 4.69) is 19.2 Å². The zero-order valence-corrected chi connectivity index (χ0v) is 22.3. The van der Waals surface area contributed by atoms with Crippen LogP contribution in [0.5, 0.6) is 0 Å². The normalized spacial score (nSPS) is 19.3. The summed E-state index contributed by atoms with van der Waals surface area (Å²) in [6.07, 6.45) is 2.28. The Morgan fingerprint density at radius 3 is 2.38 bits per heavy atom. The number of carboxylic acid groups (broad SMARTS) is 1. The second-order valence-corrected chi connectivity index (χ2v) is 11.9. The molecule has 0 spiro atoms. The molecule has 1 aliphatic heterocycles. The van der Waals surface area contributed by atoms with Crippen molar-refractivity contribution in [3.8, 4) is 0 Å². The van der Waals surface area contributed by atoms with Gasteiger partial charge in [-0.2, -0.15) is 0 Å². The largest absolute Gasteiger partial charge is 0.480 e. The van der Waals surface area contributed by atoms with E-state index in [4.69, 9.17) is 4.74 Å². The second kappa shape index (κ2) is 14.0. The number of rotatable bonds is 13. The molecule has 2 N–H and O–H groups in total. The van der Waals surface area contributed by atoms with Crippen molar-refractivity contribution >= 4 is 41.4 Å². The van der Waals surface area contributed by atoms with Gasteiger partial charge in [0.25, 0.3) is 0 Å². The van der Waals surface area contributed by atoms with Gasteiger partial charge < -0.3 is 14.7 Å². The monoisotopic (exact) mass is 510 g/mol. The minimum atomic E-state index is -0.982. The van der Waals surface area contributed by atoms with Crippen molar-refractivity contribution < 1.29 is 24.2 Å². The number of carboxylic acids is 1. The number of carbonyl (C=O) groups is 3. The molecule has 1 saturated heterocycles. The lowest BCUT2D eigenvalue weighted by Crippen LogP contribution is -2.59. The van der Waals surface area contributed by atoms with Crippen LogP contribution in [0, 0.1) is 0 Å². The minimum absolute atomic E-state index is 0.191. The fourth-order valence-corrected chi connectivity index (χ4v) is 7.47. The molecule has 0 aliphatic carbocycles. The Hall–Kier alpha value is -1.71. The first kappa shape index (κ1) is 28.5. The fraction of sp³-hybridized carbons (Fsp3) is 0.640. The van der Waals surface area contributed by atoms with Crippen LogP contribution in [0.2, 0.25) is 0 Å². The van der Waals surface area contributed by atoms with Crippen LogP contribution in [0.4, 0.5) is 0 Å². The number of thioether (sulfide) groups is 2. The number of hydrogen-bond acceptors (Lipinski definition) is 7. The molecule has 0 aromatic heterocycles. The number of hydrogen-bond donors (Lipinski definition) is 2. The summed E-state index contributed by atoms with van der Waals surface area (Å²) in [7, 11) is 0. The third kappa shape index (κ3) is 7.92. The van der Waals surface area contributed by atoms with Gasteiger partial charge in [-0.15, -0.1) is 23.5 Å². The molecule has 0 bridgehead atoms. The van der Waals surface area contributed by atoms with Gasteiger partial charge in [0.2, 0.25) is 5.91 Å². The van der Waals surface area contributed by atoms with Crippen molar-refractivity contribution in [1.29, 1.82) is 0 Å². The summed E-state index contributed by atoms with van der Waals surface area (Å²) in [5.74, 6) is 0.119. The zero-order valence-electron chi connectivity index (χ0n) is 20.6. The number of nitrogens with zero attached hydrogens (tertiary/aromatic N) is 1. The summed E-state index contributed by atoms with van der Waals surface area (Å²) in [6, 6.07) is 7.58. The van der Waals surface area contributed by atoms with Crippen molar-refractivity contribution in [2.75, 3.05) is 24.7 Å². The maximum absolute atomic E-state index is 13.4. The lowest BCUT2D eigenvalue weighted by Gasteiger charge is -2.45. The molecule has 2 rings (SSSR count). The summed E-state index contributed by atoms with van der Waals surface area (Å²) in [5.41, 5.74) is 1.10. The van der Waals surface area contributed by atoms with Crippen molar-refractivity contribution in [2.45, 2.75) is 75.6 Å². The van der Waals surface area contributed by atoms with E-state index in [1.54, 1.807) is 37.4 Å². The standard InChI is InChI=1S/C25H38N2O5S2/c1-5-32-24(31)20(14-13-19-11-9-8-10-12-19)26-18(4)22(28)27-16-15-25(33-6-2,34-7-3)17-21(27)23(29)30/h8-12,18,20-21,26H,5-7,13-17H2,1-4H3,(H,29,30)/t18?,20-,21-/m0/s1. The lowest BCUT2D eigenvalue weighted by atomic mass is 9.99. The van der Waals surface area contributed by atoms with E-state index >= 15 is 0 Å². The fourth-order valence-electron chi connectivity index (χ4n) is 4.36. The number of aliphatic carboxylic acids is 1. The number of esters is 1. The topological polar surface area (TPSA) is 95.9 Å². The van der Waals surface area contributed by atoms with Gasteiger partial charge in [-0.25, -0.2) is 4.79 Å². The van der Waals surface area contributed by atoms with E-state index in [1.807, 2.05) is 30.3 Å². The van der Waals surface area contributed by atoms with Crippen molar-refractivity contribution in [1.82, 2.24) is 10.2 Å². The van der Waals surface area contributed by atoms with Crippen LogP contribution in [0.25, 0.3) is 0 Å². The predicted octanol–water partition coefficient (Wildman–Crippen LogP) is 3.81. The van der Waals surface area contributed by atoms with Gasteiger partial charge in [0.1, 0.15) is 12.1 Å². The molecule has 7 nitrogen and oxygen atoms in total. The minimum Gasteiger partial charge on any atom is -0.480 e. The van der Waals surface area contributed by atoms with Crippen LogP contribution in [0.1, 0.15) is 52.5 Å². The smallest absolute Gasteiger partial charge is 0.326 e. The average molecular weight is 511 g/mol. The highest BCUT2D eigenvalue weighted by molar-refractivity contribution is 8.18. The van der Waals surface area contributed by atoms with E-state index < -0.39 is 30.1 Å². The average Bonchev–Trinajstić information content (AvgIpc) is 2.82. The summed E-state index contributed by atoms with van der Waals surface area (Å²) in [5, 5.41) is 13.1. The third-order valence-electron chi connectivity index (χ3n) is 5.95. The second-order valence-electron chi connectivity index (χ2n) is 8.33. The Bertz CT molecular complexity index is 802. The number of aryl methyl sites for hydroxylation is 1. The maximum Gasteiger partial charge on any atom is 0.326 e. The van der Waals surface area contributed by atoms with Gasteiger partial charge in [-0.1, -0.05) is 44.2 Å². The van der Waals surface area contributed by atoms with E-state index in [0.717, 1.165) is 23.5 Å². The van der Waals surface area contributed by atoms with Crippen LogP contribution in [-0.4, -0.2) is 74.7 Å². The molecule has 1 amide bonds. The number of amides is 1. The first-order chi connectivity index (χ1) is 16.3. The number of carbonyl (C=O) groups excluding carboxylic acids is 2. The number of nitrogens with one attached hydrogen (secondary N) is 1. The Balaban J connectivity index is 2.11. The van der Waals surface area contributed by atoms with Crippen LogP contribution >= 0.6 is 23.5 Å². The van der Waals surface area contributed by atoms with Crippen molar-refractivity contribution in [3.63, 3.8) is 0 Å². The van der Waals surface area contributed by atoms with Gasteiger partial charge in [0.05, 0.1) is 16.7 Å². The summed E-state index contributed by atoms with van der Waals surface area (Å²) in [4.78, 5) is 39.6. The first-order valence-electron chi connectivity index (χ1n) is 12.0. The molecule has 1 aliphatic rings. The lowest BCUT2D eigenvalue weighted by molar-refractivity contribution is -0.153. The van der Waals surface area contributed by atoms with Crippen LogP contribution in [0.15, 0.2) is 30.3 Å². The SMILES string of the molecule is CCOC(=O)[C@H](CCc1ccccc1)NC(C)C(=O)N1CCC(SCC)(SCC)C[C@H]1C(=O)O. The summed E-state index contributed by atoms with van der Waals surface area (Å²) < 4.78 is 5.04. The molecular weight excluding hydrogens is 472 g/mol. The number of piperidine rings is 1. The Morgan fingerprint density at radius 2 is 1.82 bits per heavy atom. The van der Waals surface area contributed by atoms with Gasteiger partial charge >= 0.3 is 11.9 Å². The van der Waals surface area contributed by atoms with Crippen LogP contribution < -0.4 is 5.32 Å². The molecule has 1 unspecified atom stereocenters. The molecule has 190 valence electrons. The van der Waals surface area contributed by atoms with Gasteiger partial charge in [-0.3, -0.25) is 14.9 Å². The molecule has 0 radical (unpaired) electrons. The summed E-state index contributed by atoms with van der Waals surface area (Å²) in [6.45, 7) is 8.24. The molecule has 1 aromatic rings. The van der Waals surface area contributed by atoms with Crippen LogP contribution in [0.3, 0.4) is 0 Å². The number of ether oxygens (including phenoxy) is 1. The number of likely N-dealkylation sites (tertiary alicyclic amines) is 1. The highest BCUT2D eigenvalue weighted by Crippen LogP contribution is 2.47. The van der Waals surface area contributed by atoms with Crippen molar-refractivity contribution in [2.24, 2.45) is 0 Å².